The van der Waals surface area contributed by atoms with Crippen LogP contribution in [0.4, 0.5) is 49.7 Å². The molecule has 1 fully saturated rings. The van der Waals surface area contributed by atoms with Gasteiger partial charge in [0.2, 0.25) is 5.91 Å². The molecule has 11 nitrogen and oxygen atoms in total. The van der Waals surface area contributed by atoms with Crippen molar-refractivity contribution in [2.75, 3.05) is 12.0 Å². The molecule has 2 aliphatic rings. The van der Waals surface area contributed by atoms with Crippen molar-refractivity contribution in [1.82, 2.24) is 29.9 Å². The molecule has 0 aliphatic heterocycles. The minimum Gasteiger partial charge on any atom is -0.382 e. The fraction of sp³-hybridized carbons (Fsp3) is 0.455. The number of benzene rings is 2. The molecule has 5 aromatic rings. The molecule has 3 aromatic heterocycles. The molecule has 1 saturated carbocycles. The zero-order valence-electron chi connectivity index (χ0n) is 36.8. The summed E-state index contributed by atoms with van der Waals surface area (Å²) < 4.78 is 173. The molecule has 3 atom stereocenters. The summed E-state index contributed by atoms with van der Waals surface area (Å²) in [5.74, 6) is -4.90. The molecule has 1 amide bonds. The lowest BCUT2D eigenvalue weighted by Crippen LogP contribution is -2.35. The highest BCUT2D eigenvalue weighted by molar-refractivity contribution is 7.92. The first-order chi connectivity index (χ1) is 30.8. The van der Waals surface area contributed by atoms with Crippen LogP contribution in [0.15, 0.2) is 42.5 Å². The summed E-state index contributed by atoms with van der Waals surface area (Å²) in [5, 5.41) is 9.45. The number of hydrogen-bond donors (Lipinski definition) is 2. The van der Waals surface area contributed by atoms with Crippen molar-refractivity contribution in [2.45, 2.75) is 115 Å². The van der Waals surface area contributed by atoms with Crippen molar-refractivity contribution in [2.24, 2.45) is 5.92 Å². The number of alkyl halides is 8. The molecule has 0 radical (unpaired) electrons. The third-order valence-electron chi connectivity index (χ3n) is 10.9. The van der Waals surface area contributed by atoms with Crippen LogP contribution in [0.5, 0.6) is 0 Å². The molecular weight excluding hydrogens is 948 g/mol. The van der Waals surface area contributed by atoms with E-state index in [1.165, 1.54) is 38.1 Å². The average Bonchev–Trinajstić information content (AvgIpc) is 3.70. The summed E-state index contributed by atoms with van der Waals surface area (Å²) in [6.45, 7) is 7.89. The Balaban J connectivity index is 0.000000980. The van der Waals surface area contributed by atoms with Gasteiger partial charge in [0.25, 0.3) is 5.92 Å². The number of pyridine rings is 1. The van der Waals surface area contributed by atoms with Gasteiger partial charge in [-0.25, -0.2) is 22.2 Å². The lowest BCUT2D eigenvalue weighted by Gasteiger charge is -2.23. The summed E-state index contributed by atoms with van der Waals surface area (Å²) in [7, 11) is -3.80. The first kappa shape index (κ1) is 51.0. The van der Waals surface area contributed by atoms with Gasteiger partial charge in [-0.05, 0) is 102 Å². The Morgan fingerprint density at radius 3 is 2.13 bits per heavy atom. The molecule has 3 heterocycles. The zero-order valence-corrected chi connectivity index (χ0v) is 38.3. The minimum atomic E-state index is -5.15. The summed E-state index contributed by atoms with van der Waals surface area (Å²) in [6.07, 6.45) is -9.10. The van der Waals surface area contributed by atoms with Crippen molar-refractivity contribution in [3.63, 3.8) is 0 Å². The molecule has 0 bridgehead atoms. The number of sulfone groups is 1. The van der Waals surface area contributed by atoms with Crippen molar-refractivity contribution < 1.29 is 61.9 Å². The SMILES string of the molecule is CC(C)(C#Cc1ccc(-c2ccc(Cl)c3c(N)nn(CC(F)(F)F)c23)c([C@H](Cc2cc(F)cc(F)c2)NC(=O)Cn2nc(C(F)(F)F)c3c2C(F)(F)[C@@H]2C[C@H]32)n1)S(C)(=O)=O.CC(C)OC(C)C. The lowest BCUT2D eigenvalue weighted by atomic mass is 9.93. The van der Waals surface area contributed by atoms with Gasteiger partial charge in [0, 0.05) is 34.9 Å². The molecule has 0 spiro atoms. The number of amides is 1. The number of halogens is 11. The van der Waals surface area contributed by atoms with E-state index in [4.69, 9.17) is 22.1 Å². The van der Waals surface area contributed by atoms with Crippen LogP contribution in [-0.2, 0) is 51.0 Å². The number of nitrogens with one attached hydrogen (secondary N) is 1. The van der Waals surface area contributed by atoms with Crippen LogP contribution < -0.4 is 11.1 Å². The number of carbonyl (C=O) groups excluding carboxylic acids is 1. The van der Waals surface area contributed by atoms with E-state index in [0.717, 1.165) is 18.4 Å². The van der Waals surface area contributed by atoms with Gasteiger partial charge in [-0.15, -0.1) is 0 Å². The summed E-state index contributed by atoms with van der Waals surface area (Å²) >= 11 is 6.38. The number of anilines is 1. The second-order valence-electron chi connectivity index (χ2n) is 17.3. The standard InChI is InChI=1S/C38H30ClF10N7O3S.C6H14O/c1-35(2,60(3,58)59)9-8-20-4-5-21(22-6-7-25(39)29-31(22)56(54-34(29)50)16-36(42,43)44)30(51-20)26(12-17-10-18(40)13-19(41)11-17)52-27(57)15-55-33-28(32(53-55)38(47,48)49)23-14-24(23)37(33,45)46;1-5(2)7-6(3)4/h4-7,10-11,13,23-24,26H,12,14-16H2,1-3H3,(H2,50,54)(H,52,57);5-6H,1-4H3/t23-,24+,26-;/m0./s1. The fourth-order valence-corrected chi connectivity index (χ4v) is 8.33. The quantitative estimate of drug-likeness (QED) is 0.0983. The highest BCUT2D eigenvalue weighted by atomic mass is 35.5. The van der Waals surface area contributed by atoms with Gasteiger partial charge in [0.15, 0.2) is 21.3 Å². The maximum atomic E-state index is 15.4. The van der Waals surface area contributed by atoms with Gasteiger partial charge < -0.3 is 15.8 Å². The average molecular weight is 992 g/mol. The van der Waals surface area contributed by atoms with E-state index in [0.29, 0.717) is 23.0 Å². The molecule has 3 N–H and O–H groups in total. The van der Waals surface area contributed by atoms with Crippen LogP contribution in [0.2, 0.25) is 5.02 Å². The van der Waals surface area contributed by atoms with Crippen molar-refractivity contribution in [1.29, 1.82) is 0 Å². The largest absolute Gasteiger partial charge is 0.435 e. The number of rotatable bonds is 11. The molecule has 0 saturated heterocycles. The van der Waals surface area contributed by atoms with Gasteiger partial charge in [0.05, 0.1) is 39.9 Å². The predicted molar refractivity (Wildman–Crippen MR) is 229 cm³/mol. The zero-order chi connectivity index (χ0) is 49.9. The smallest absolute Gasteiger partial charge is 0.382 e. The Morgan fingerprint density at radius 1 is 0.970 bits per heavy atom. The van der Waals surface area contributed by atoms with Crippen molar-refractivity contribution in [3.05, 3.63) is 93.0 Å². The van der Waals surface area contributed by atoms with E-state index in [1.54, 1.807) is 0 Å². The number of nitrogen functional groups attached to an aromatic ring is 1. The van der Waals surface area contributed by atoms with E-state index >= 15 is 8.78 Å². The Labute approximate surface area is 383 Å². The first-order valence-corrected chi connectivity index (χ1v) is 22.8. The third kappa shape index (κ3) is 11.2. The Bertz CT molecular complexity index is 2870. The molecule has 23 heteroatoms. The third-order valence-corrected chi connectivity index (χ3v) is 13.2. The van der Waals surface area contributed by atoms with Gasteiger partial charge in [-0.3, -0.25) is 14.2 Å². The highest BCUT2D eigenvalue weighted by Gasteiger charge is 2.68. The second-order valence-corrected chi connectivity index (χ2v) is 20.3. The van der Waals surface area contributed by atoms with Crippen LogP contribution in [0, 0.1) is 29.4 Å². The van der Waals surface area contributed by atoms with Crippen molar-refractivity contribution >= 4 is 44.1 Å². The van der Waals surface area contributed by atoms with E-state index in [9.17, 15) is 48.3 Å². The predicted octanol–water partition coefficient (Wildman–Crippen LogP) is 9.69. The molecular formula is C44H44ClF10N7O4S. The topological polar surface area (TPSA) is 147 Å². The number of nitrogens with zero attached hydrogens (tertiary/aromatic N) is 5. The van der Waals surface area contributed by atoms with Crippen LogP contribution >= 0.6 is 11.6 Å². The number of nitrogens with two attached hydrogens (primary N) is 1. The fourth-order valence-electron chi connectivity index (χ4n) is 7.85. The van der Waals surface area contributed by atoms with E-state index in [-0.39, 0.29) is 55.1 Å². The van der Waals surface area contributed by atoms with E-state index in [2.05, 4.69) is 32.3 Å². The van der Waals surface area contributed by atoms with Gasteiger partial charge in [0.1, 0.15) is 40.9 Å². The highest BCUT2D eigenvalue weighted by Crippen LogP contribution is 2.68. The Kier molecular flexibility index (Phi) is 13.9. The summed E-state index contributed by atoms with van der Waals surface area (Å²) in [4.78, 5) is 18.4. The van der Waals surface area contributed by atoms with E-state index < -0.39 is 111 Å². The normalized spacial score (nSPS) is 17.1. The maximum absolute atomic E-state index is 15.4. The number of ether oxygens (including phenoxy) is 1. The van der Waals surface area contributed by atoms with Gasteiger partial charge in [-0.2, -0.15) is 45.3 Å². The monoisotopic (exact) mass is 991 g/mol. The number of aromatic nitrogens is 5. The second kappa shape index (κ2) is 18.3. The molecule has 7 rings (SSSR count). The van der Waals surface area contributed by atoms with Gasteiger partial charge >= 0.3 is 12.4 Å². The van der Waals surface area contributed by atoms with Crippen LogP contribution in [0.25, 0.3) is 22.0 Å². The maximum Gasteiger partial charge on any atom is 0.435 e. The molecule has 362 valence electrons. The minimum absolute atomic E-state index is 0.0791. The van der Waals surface area contributed by atoms with Crippen LogP contribution in [0.3, 0.4) is 0 Å². The molecule has 2 aromatic carbocycles. The molecule has 2 aliphatic carbocycles. The number of fused-ring (bicyclic) bond motifs is 4. The summed E-state index contributed by atoms with van der Waals surface area (Å²) in [6, 6.07) is 5.79. The summed E-state index contributed by atoms with van der Waals surface area (Å²) in [5.41, 5.74) is 1.61. The van der Waals surface area contributed by atoms with E-state index in [1.807, 2.05) is 27.7 Å². The van der Waals surface area contributed by atoms with Crippen LogP contribution in [0.1, 0.15) is 93.8 Å². The van der Waals surface area contributed by atoms with Crippen molar-refractivity contribution in [3.8, 4) is 23.0 Å². The lowest BCUT2D eigenvalue weighted by molar-refractivity contribution is -0.142. The first-order valence-electron chi connectivity index (χ1n) is 20.5. The Hall–Kier alpha value is -5.40. The van der Waals surface area contributed by atoms with Gasteiger partial charge in [-0.1, -0.05) is 23.6 Å². The number of carbonyl (C=O) groups is 1. The molecule has 0 unspecified atom stereocenters. The Morgan fingerprint density at radius 2 is 1.58 bits per heavy atom. The molecule has 67 heavy (non-hydrogen) atoms. The number of hydrogen-bond acceptors (Lipinski definition) is 8. The van der Waals surface area contributed by atoms with Crippen LogP contribution in [-0.4, -0.2) is 68.3 Å².